The van der Waals surface area contributed by atoms with Gasteiger partial charge in [-0.05, 0) is 24.6 Å². The molecule has 2 rings (SSSR count). The van der Waals surface area contributed by atoms with Crippen LogP contribution < -0.4 is 5.32 Å². The molecule has 0 saturated heterocycles. The third-order valence-electron chi connectivity index (χ3n) is 2.43. The number of alkyl halides is 3. The number of anilines is 1. The highest BCUT2D eigenvalue weighted by atomic mass is 35.5. The summed E-state index contributed by atoms with van der Waals surface area (Å²) in [5.41, 5.74) is 1.31. The minimum atomic E-state index is -4.99. The van der Waals surface area contributed by atoms with E-state index in [0.717, 1.165) is 11.8 Å². The van der Waals surface area contributed by atoms with E-state index in [1.165, 1.54) is 0 Å². The molecule has 0 atom stereocenters. The van der Waals surface area contributed by atoms with Crippen LogP contribution in [0.2, 0.25) is 5.02 Å². The topological polar surface area (TPSA) is 55.1 Å². The van der Waals surface area contributed by atoms with E-state index in [9.17, 15) is 18.0 Å². The lowest BCUT2D eigenvalue weighted by Crippen LogP contribution is -2.29. The van der Waals surface area contributed by atoms with Crippen LogP contribution in [0.5, 0.6) is 0 Å². The fourth-order valence-electron chi connectivity index (χ4n) is 1.46. The van der Waals surface area contributed by atoms with E-state index in [1.54, 1.807) is 30.4 Å². The van der Waals surface area contributed by atoms with Gasteiger partial charge in [0.15, 0.2) is 0 Å². The quantitative estimate of drug-likeness (QED) is 0.918. The summed E-state index contributed by atoms with van der Waals surface area (Å²) in [6.45, 7) is 1.77. The SMILES string of the molecule is Cc1ccc(Cl)cc1-c1ncc(NC(=O)C(F)(F)F)o1. The molecule has 0 fully saturated rings. The van der Waals surface area contributed by atoms with Crippen LogP contribution in [0.4, 0.5) is 19.1 Å². The number of nitrogens with zero attached hydrogens (tertiary/aromatic N) is 1. The molecule has 1 aromatic heterocycles. The minimum absolute atomic E-state index is 0.0717. The number of oxazole rings is 1. The van der Waals surface area contributed by atoms with Crippen LogP contribution in [0.25, 0.3) is 11.5 Å². The molecule has 106 valence electrons. The van der Waals surface area contributed by atoms with Gasteiger partial charge < -0.3 is 4.42 Å². The van der Waals surface area contributed by atoms with Crippen LogP contribution in [0, 0.1) is 6.92 Å². The third-order valence-corrected chi connectivity index (χ3v) is 2.67. The number of hydrogen-bond donors (Lipinski definition) is 1. The smallest absolute Gasteiger partial charge is 0.420 e. The second kappa shape index (κ2) is 5.16. The maximum absolute atomic E-state index is 12.1. The van der Waals surface area contributed by atoms with Crippen LogP contribution in [-0.2, 0) is 4.79 Å². The van der Waals surface area contributed by atoms with Gasteiger partial charge in [0.25, 0.3) is 0 Å². The second-order valence-electron chi connectivity index (χ2n) is 3.94. The molecule has 0 saturated carbocycles. The van der Waals surface area contributed by atoms with Crippen molar-refractivity contribution in [3.63, 3.8) is 0 Å². The number of hydrogen-bond acceptors (Lipinski definition) is 3. The first-order chi connectivity index (χ1) is 9.27. The van der Waals surface area contributed by atoms with Crippen LogP contribution >= 0.6 is 11.6 Å². The Kier molecular flexibility index (Phi) is 3.71. The summed E-state index contributed by atoms with van der Waals surface area (Å²) in [7, 11) is 0. The van der Waals surface area contributed by atoms with Crippen molar-refractivity contribution in [3.05, 3.63) is 35.0 Å². The molecule has 0 radical (unpaired) electrons. The summed E-state index contributed by atoms with van der Waals surface area (Å²) in [5, 5.41) is 2.01. The van der Waals surface area contributed by atoms with Crippen LogP contribution in [0.1, 0.15) is 5.56 Å². The van der Waals surface area contributed by atoms with Crippen molar-refractivity contribution in [1.82, 2.24) is 4.98 Å². The fraction of sp³-hybridized carbons (Fsp3) is 0.167. The van der Waals surface area contributed by atoms with Crippen molar-refractivity contribution in [3.8, 4) is 11.5 Å². The third kappa shape index (κ3) is 3.11. The number of benzene rings is 1. The highest BCUT2D eigenvalue weighted by Crippen LogP contribution is 2.28. The summed E-state index contributed by atoms with van der Waals surface area (Å²) >= 11 is 5.83. The molecule has 0 spiro atoms. The number of aryl methyl sites for hydroxylation is 1. The van der Waals surface area contributed by atoms with Gasteiger partial charge in [0.2, 0.25) is 11.8 Å². The number of amides is 1. The minimum Gasteiger partial charge on any atom is -0.420 e. The average molecular weight is 305 g/mol. The van der Waals surface area contributed by atoms with Gasteiger partial charge in [0.05, 0.1) is 6.20 Å². The maximum Gasteiger partial charge on any atom is 0.471 e. The molecule has 0 bridgehead atoms. The number of nitrogens with one attached hydrogen (secondary N) is 1. The number of aromatic nitrogens is 1. The van der Waals surface area contributed by atoms with Gasteiger partial charge in [0, 0.05) is 10.6 Å². The number of rotatable bonds is 2. The number of halogens is 4. The Hall–Kier alpha value is -2.02. The van der Waals surface area contributed by atoms with Gasteiger partial charge in [-0.3, -0.25) is 10.1 Å². The van der Waals surface area contributed by atoms with E-state index >= 15 is 0 Å². The Balaban J connectivity index is 2.25. The van der Waals surface area contributed by atoms with Gasteiger partial charge in [-0.25, -0.2) is 4.98 Å². The Bertz CT molecular complexity index is 652. The van der Waals surface area contributed by atoms with E-state index in [0.29, 0.717) is 10.6 Å². The Morgan fingerprint density at radius 2 is 2.10 bits per heavy atom. The largest absolute Gasteiger partial charge is 0.471 e. The van der Waals surface area contributed by atoms with Crippen molar-refractivity contribution < 1.29 is 22.4 Å². The van der Waals surface area contributed by atoms with Gasteiger partial charge in [-0.1, -0.05) is 17.7 Å². The van der Waals surface area contributed by atoms with Gasteiger partial charge in [0.1, 0.15) is 0 Å². The van der Waals surface area contributed by atoms with Crippen molar-refractivity contribution >= 4 is 23.4 Å². The van der Waals surface area contributed by atoms with E-state index in [4.69, 9.17) is 16.0 Å². The standard InChI is InChI=1S/C12H8ClF3N2O2/c1-6-2-3-7(13)4-8(6)10-17-5-9(20-10)18-11(19)12(14,15)16/h2-5H,1H3,(H,18,19). The van der Waals surface area contributed by atoms with Crippen LogP contribution in [-0.4, -0.2) is 17.1 Å². The predicted molar refractivity (Wildman–Crippen MR) is 66.4 cm³/mol. The van der Waals surface area contributed by atoms with Crippen molar-refractivity contribution in [1.29, 1.82) is 0 Å². The first-order valence-corrected chi connectivity index (χ1v) is 5.75. The molecule has 20 heavy (non-hydrogen) atoms. The van der Waals surface area contributed by atoms with Crippen LogP contribution in [0.15, 0.2) is 28.8 Å². The highest BCUT2D eigenvalue weighted by molar-refractivity contribution is 6.30. The highest BCUT2D eigenvalue weighted by Gasteiger charge is 2.39. The molecule has 1 aromatic carbocycles. The molecule has 1 N–H and O–H groups in total. The molecule has 0 aliphatic carbocycles. The van der Waals surface area contributed by atoms with E-state index in [2.05, 4.69) is 4.98 Å². The summed E-state index contributed by atoms with van der Waals surface area (Å²) in [4.78, 5) is 14.6. The Morgan fingerprint density at radius 1 is 1.40 bits per heavy atom. The summed E-state index contributed by atoms with van der Waals surface area (Å²) in [6, 6.07) is 4.95. The lowest BCUT2D eigenvalue weighted by atomic mass is 10.1. The van der Waals surface area contributed by atoms with Gasteiger partial charge in [-0.2, -0.15) is 13.2 Å². The molecule has 4 nitrogen and oxygen atoms in total. The maximum atomic E-state index is 12.1. The molecule has 2 aromatic rings. The Labute approximate surface area is 116 Å². The lowest BCUT2D eigenvalue weighted by Gasteiger charge is -2.04. The molecule has 0 aliphatic rings. The zero-order valence-electron chi connectivity index (χ0n) is 10.1. The molecular formula is C12H8ClF3N2O2. The summed E-state index contributed by atoms with van der Waals surface area (Å²) in [5.74, 6) is -2.44. The van der Waals surface area contributed by atoms with E-state index < -0.39 is 12.1 Å². The zero-order chi connectivity index (χ0) is 14.9. The molecular weight excluding hydrogens is 297 g/mol. The molecule has 0 unspecified atom stereocenters. The van der Waals surface area contributed by atoms with E-state index in [-0.39, 0.29) is 11.8 Å². The van der Waals surface area contributed by atoms with Gasteiger partial charge >= 0.3 is 12.1 Å². The number of carbonyl (C=O) groups excluding carboxylic acids is 1. The number of carbonyl (C=O) groups is 1. The molecule has 1 heterocycles. The second-order valence-corrected chi connectivity index (χ2v) is 4.38. The van der Waals surface area contributed by atoms with Gasteiger partial charge in [-0.15, -0.1) is 0 Å². The normalized spacial score (nSPS) is 11.4. The summed E-state index contributed by atoms with van der Waals surface area (Å²) in [6.07, 6.45) is -3.99. The average Bonchev–Trinajstić information content (AvgIpc) is 2.79. The lowest BCUT2D eigenvalue weighted by molar-refractivity contribution is -0.167. The monoisotopic (exact) mass is 304 g/mol. The molecule has 0 aliphatic heterocycles. The van der Waals surface area contributed by atoms with Crippen molar-refractivity contribution in [2.75, 3.05) is 5.32 Å². The van der Waals surface area contributed by atoms with Crippen LogP contribution in [0.3, 0.4) is 0 Å². The molecule has 1 amide bonds. The predicted octanol–water partition coefficient (Wildman–Crippen LogP) is 3.80. The zero-order valence-corrected chi connectivity index (χ0v) is 10.8. The fourth-order valence-corrected chi connectivity index (χ4v) is 1.64. The van der Waals surface area contributed by atoms with Crippen molar-refractivity contribution in [2.45, 2.75) is 13.1 Å². The Morgan fingerprint density at radius 3 is 2.75 bits per heavy atom. The van der Waals surface area contributed by atoms with Crippen molar-refractivity contribution in [2.24, 2.45) is 0 Å². The first-order valence-electron chi connectivity index (χ1n) is 5.38. The summed E-state index contributed by atoms with van der Waals surface area (Å²) < 4.78 is 41.3. The first kappa shape index (κ1) is 14.4. The van der Waals surface area contributed by atoms with E-state index in [1.807, 2.05) is 0 Å². The molecule has 8 heteroatoms.